The van der Waals surface area contributed by atoms with Gasteiger partial charge in [0.25, 0.3) is 0 Å². The first-order valence-corrected chi connectivity index (χ1v) is 3.65. The maximum atomic E-state index is 8.55. The number of nitrogens with zero attached hydrogens (tertiary/aromatic N) is 4. The van der Waals surface area contributed by atoms with Gasteiger partial charge in [0.2, 0.25) is 0 Å². The number of hydrogen-bond acceptors (Lipinski definition) is 4. The second-order valence-electron chi connectivity index (χ2n) is 2.84. The van der Waals surface area contributed by atoms with Crippen molar-refractivity contribution in [3.05, 3.63) is 0 Å². The fourth-order valence-corrected chi connectivity index (χ4v) is 0.877. The molecule has 0 radical (unpaired) electrons. The molecular formula is C8H8N4. The Morgan fingerprint density at radius 3 is 1.83 bits per heavy atom. The monoisotopic (exact) mass is 160 g/mol. The van der Waals surface area contributed by atoms with Crippen LogP contribution in [0.3, 0.4) is 0 Å². The predicted molar refractivity (Wildman–Crippen MR) is 44.7 cm³/mol. The quantitative estimate of drug-likeness (QED) is 0.571. The lowest BCUT2D eigenvalue weighted by molar-refractivity contribution is 0.521. The minimum absolute atomic E-state index is 0.163. The molecule has 0 aromatic rings. The molecule has 0 unspecified atom stereocenters. The highest BCUT2D eigenvalue weighted by atomic mass is 15.1. The van der Waals surface area contributed by atoms with E-state index >= 15 is 0 Å². The van der Waals surface area contributed by atoms with Gasteiger partial charge in [0.05, 0.1) is 0 Å². The molecule has 0 bridgehead atoms. The Morgan fingerprint density at radius 2 is 1.58 bits per heavy atom. The van der Waals surface area contributed by atoms with Gasteiger partial charge in [-0.05, 0) is 5.92 Å². The summed E-state index contributed by atoms with van der Waals surface area (Å²) < 4.78 is 0. The normalized spacial score (nSPS) is 16.8. The molecule has 4 nitrogen and oxygen atoms in total. The number of aliphatic imine (C=N–C) groups is 2. The molecule has 1 heterocycles. The van der Waals surface area contributed by atoms with E-state index in [-0.39, 0.29) is 23.5 Å². The van der Waals surface area contributed by atoms with Gasteiger partial charge in [-0.15, -0.1) is 0 Å². The first kappa shape index (κ1) is 8.42. The van der Waals surface area contributed by atoms with Crippen molar-refractivity contribution in [2.24, 2.45) is 15.9 Å². The van der Waals surface area contributed by atoms with Crippen molar-refractivity contribution in [2.75, 3.05) is 0 Å². The minimum Gasteiger partial charge on any atom is -0.244 e. The maximum absolute atomic E-state index is 8.55. The van der Waals surface area contributed by atoms with Gasteiger partial charge in [0.15, 0.2) is 11.4 Å². The van der Waals surface area contributed by atoms with E-state index in [1.807, 2.05) is 26.0 Å². The van der Waals surface area contributed by atoms with E-state index in [1.165, 1.54) is 0 Å². The van der Waals surface area contributed by atoms with Crippen molar-refractivity contribution in [1.29, 1.82) is 10.5 Å². The van der Waals surface area contributed by atoms with Gasteiger partial charge in [-0.1, -0.05) is 13.8 Å². The number of hydrogen-bond donors (Lipinski definition) is 0. The van der Waals surface area contributed by atoms with Gasteiger partial charge < -0.3 is 0 Å². The average molecular weight is 160 g/mol. The Labute approximate surface area is 70.9 Å². The van der Waals surface area contributed by atoms with Crippen LogP contribution in [0, 0.1) is 28.6 Å². The van der Waals surface area contributed by atoms with Crippen molar-refractivity contribution in [1.82, 2.24) is 0 Å². The summed E-state index contributed by atoms with van der Waals surface area (Å²) in [7, 11) is 0. The molecule has 1 aliphatic heterocycles. The fraction of sp³-hybridized carbons (Fsp3) is 0.500. The molecule has 0 aliphatic carbocycles. The first-order chi connectivity index (χ1) is 5.69. The Bertz CT molecular complexity index is 294. The largest absolute Gasteiger partial charge is 0.244 e. The predicted octanol–water partition coefficient (Wildman–Crippen LogP) is 0.911. The second-order valence-corrected chi connectivity index (χ2v) is 2.84. The van der Waals surface area contributed by atoms with Gasteiger partial charge >= 0.3 is 0 Å². The zero-order chi connectivity index (χ0) is 9.14. The van der Waals surface area contributed by atoms with E-state index in [9.17, 15) is 0 Å². The molecule has 0 atom stereocenters. The first-order valence-electron chi connectivity index (χ1n) is 3.65. The number of nitriles is 2. The number of rotatable bonds is 1. The zero-order valence-electron chi connectivity index (χ0n) is 6.94. The van der Waals surface area contributed by atoms with Crippen LogP contribution < -0.4 is 0 Å². The van der Waals surface area contributed by atoms with Crippen LogP contribution in [-0.2, 0) is 0 Å². The molecule has 1 rings (SSSR count). The highest BCUT2D eigenvalue weighted by Gasteiger charge is 2.22. The molecule has 0 saturated heterocycles. The summed E-state index contributed by atoms with van der Waals surface area (Å²) in [6, 6.07) is 3.69. The van der Waals surface area contributed by atoms with Crippen LogP contribution in [-0.4, -0.2) is 17.6 Å². The maximum Gasteiger partial charge on any atom is 0.173 e. The second kappa shape index (κ2) is 3.15. The Hall–Kier alpha value is -1.68. The smallest absolute Gasteiger partial charge is 0.173 e. The van der Waals surface area contributed by atoms with Crippen LogP contribution >= 0.6 is 0 Å². The third kappa shape index (κ3) is 1.33. The van der Waals surface area contributed by atoms with E-state index in [1.54, 1.807) is 0 Å². The molecule has 0 saturated carbocycles. The molecule has 60 valence electrons. The lowest BCUT2D eigenvalue weighted by Crippen LogP contribution is -2.06. The summed E-state index contributed by atoms with van der Waals surface area (Å²) in [5.41, 5.74) is 0.326. The van der Waals surface area contributed by atoms with Crippen molar-refractivity contribution in [3.63, 3.8) is 0 Å². The van der Waals surface area contributed by atoms with Gasteiger partial charge in [-0.25, -0.2) is 9.98 Å². The van der Waals surface area contributed by atoms with Gasteiger partial charge in [-0.3, -0.25) is 0 Å². The van der Waals surface area contributed by atoms with Crippen molar-refractivity contribution < 1.29 is 0 Å². The van der Waals surface area contributed by atoms with Gasteiger partial charge in [-0.2, -0.15) is 10.5 Å². The van der Waals surface area contributed by atoms with Gasteiger partial charge in [0.1, 0.15) is 18.3 Å². The molecule has 0 aromatic carbocycles. The zero-order valence-corrected chi connectivity index (χ0v) is 6.94. The third-order valence-corrected chi connectivity index (χ3v) is 1.56. The van der Waals surface area contributed by atoms with Crippen molar-refractivity contribution in [3.8, 4) is 12.1 Å². The molecule has 0 aromatic heterocycles. The van der Waals surface area contributed by atoms with E-state index in [0.717, 1.165) is 0 Å². The summed E-state index contributed by atoms with van der Waals surface area (Å²) in [4.78, 5) is 7.98. The molecular weight excluding hydrogens is 152 g/mol. The fourth-order valence-electron chi connectivity index (χ4n) is 0.877. The summed E-state index contributed by atoms with van der Waals surface area (Å²) in [5.74, 6) is 0.235. The Kier molecular flexibility index (Phi) is 2.21. The van der Waals surface area contributed by atoms with Crippen LogP contribution in [0.1, 0.15) is 13.8 Å². The summed E-state index contributed by atoms with van der Waals surface area (Å²) in [6.45, 7) is 3.90. The Balaban J connectivity index is 2.95. The van der Waals surface area contributed by atoms with E-state index < -0.39 is 0 Å². The highest BCUT2D eigenvalue weighted by Crippen LogP contribution is 2.13. The molecule has 4 heteroatoms. The van der Waals surface area contributed by atoms with Crippen LogP contribution in [0.25, 0.3) is 0 Å². The van der Waals surface area contributed by atoms with E-state index in [0.29, 0.717) is 0 Å². The highest BCUT2D eigenvalue weighted by molar-refractivity contribution is 6.54. The lowest BCUT2D eigenvalue weighted by Gasteiger charge is -2.05. The third-order valence-electron chi connectivity index (χ3n) is 1.56. The van der Waals surface area contributed by atoms with Crippen LogP contribution in [0.4, 0.5) is 0 Å². The summed E-state index contributed by atoms with van der Waals surface area (Å²) in [5, 5.41) is 17.1. The molecule has 12 heavy (non-hydrogen) atoms. The molecule has 0 N–H and O–H groups in total. The Morgan fingerprint density at radius 1 is 1.17 bits per heavy atom. The van der Waals surface area contributed by atoms with Crippen LogP contribution in [0.2, 0.25) is 0 Å². The van der Waals surface area contributed by atoms with Crippen LogP contribution in [0.5, 0.6) is 0 Å². The standard InChI is InChI=1S/C8H8N4/c1-5(2)8-11-6(3-9)7(4-10)12-8/h5,8H,1-2H3. The van der Waals surface area contributed by atoms with Crippen molar-refractivity contribution >= 4 is 11.4 Å². The van der Waals surface area contributed by atoms with Gasteiger partial charge in [0, 0.05) is 0 Å². The average Bonchev–Trinajstić information content (AvgIpc) is 2.46. The van der Waals surface area contributed by atoms with E-state index in [2.05, 4.69) is 9.98 Å². The summed E-state index contributed by atoms with van der Waals surface area (Å²) >= 11 is 0. The van der Waals surface area contributed by atoms with E-state index in [4.69, 9.17) is 10.5 Å². The van der Waals surface area contributed by atoms with Crippen molar-refractivity contribution in [2.45, 2.75) is 20.0 Å². The molecule has 0 amide bonds. The lowest BCUT2D eigenvalue weighted by atomic mass is 10.2. The SMILES string of the molecule is CC(C)C1N=C(C#N)C(C#N)=N1. The molecule has 1 aliphatic rings. The molecule has 0 spiro atoms. The van der Waals surface area contributed by atoms with Crippen LogP contribution in [0.15, 0.2) is 9.98 Å². The molecule has 0 fully saturated rings. The summed E-state index contributed by atoms with van der Waals surface area (Å²) in [6.07, 6.45) is -0.241. The topological polar surface area (TPSA) is 72.3 Å². The minimum atomic E-state index is -0.241.